The van der Waals surface area contributed by atoms with Crippen LogP contribution in [-0.4, -0.2) is 47.1 Å². The van der Waals surface area contributed by atoms with Crippen LogP contribution < -0.4 is 4.90 Å². The molecule has 3 unspecified atom stereocenters. The van der Waals surface area contributed by atoms with E-state index < -0.39 is 6.10 Å². The molecule has 0 spiro atoms. The molecule has 0 radical (unpaired) electrons. The molecule has 1 saturated heterocycles. The van der Waals surface area contributed by atoms with Gasteiger partial charge in [-0.05, 0) is 26.0 Å². The van der Waals surface area contributed by atoms with Gasteiger partial charge in [-0.25, -0.2) is 0 Å². The molecule has 2 heterocycles. The highest BCUT2D eigenvalue weighted by atomic mass is 16.5. The fourth-order valence-electron chi connectivity index (χ4n) is 2.19. The van der Waals surface area contributed by atoms with Gasteiger partial charge in [-0.3, -0.25) is 4.98 Å². The second-order valence-corrected chi connectivity index (χ2v) is 4.77. The molecule has 0 bridgehead atoms. The summed E-state index contributed by atoms with van der Waals surface area (Å²) in [5.74, 6) is 0. The molecule has 0 aliphatic carbocycles. The number of anilines is 1. The van der Waals surface area contributed by atoms with Crippen LogP contribution in [0, 0.1) is 0 Å². The summed E-state index contributed by atoms with van der Waals surface area (Å²) in [5.41, 5.74) is 1.66. The molecule has 5 nitrogen and oxygen atoms in total. The van der Waals surface area contributed by atoms with E-state index in [0.29, 0.717) is 12.2 Å². The van der Waals surface area contributed by atoms with E-state index in [1.54, 1.807) is 13.1 Å². The number of pyridine rings is 1. The van der Waals surface area contributed by atoms with Crippen LogP contribution in [0.1, 0.15) is 25.6 Å². The molecule has 0 amide bonds. The summed E-state index contributed by atoms with van der Waals surface area (Å²) in [6.45, 7) is 5.16. The Morgan fingerprint density at radius 2 is 2.28 bits per heavy atom. The van der Waals surface area contributed by atoms with E-state index in [4.69, 9.17) is 4.74 Å². The molecular weight excluding hydrogens is 232 g/mol. The fourth-order valence-corrected chi connectivity index (χ4v) is 2.19. The number of aliphatic hydroxyl groups is 2. The van der Waals surface area contributed by atoms with Gasteiger partial charge in [-0.15, -0.1) is 0 Å². The van der Waals surface area contributed by atoms with Gasteiger partial charge in [0.15, 0.2) is 0 Å². The predicted molar refractivity (Wildman–Crippen MR) is 68.5 cm³/mol. The Hall–Kier alpha value is -1.17. The topological polar surface area (TPSA) is 65.8 Å². The Kier molecular flexibility index (Phi) is 4.16. The van der Waals surface area contributed by atoms with Crippen molar-refractivity contribution in [2.24, 2.45) is 0 Å². The molecule has 1 aromatic heterocycles. The van der Waals surface area contributed by atoms with Gasteiger partial charge in [0.25, 0.3) is 0 Å². The van der Waals surface area contributed by atoms with E-state index in [1.807, 2.05) is 19.1 Å². The quantitative estimate of drug-likeness (QED) is 0.830. The number of morpholine rings is 1. The van der Waals surface area contributed by atoms with Crippen LogP contribution in [-0.2, 0) is 4.74 Å². The molecule has 100 valence electrons. The van der Waals surface area contributed by atoms with Gasteiger partial charge in [0.05, 0.1) is 42.5 Å². The van der Waals surface area contributed by atoms with Crippen LogP contribution in [0.5, 0.6) is 0 Å². The van der Waals surface area contributed by atoms with Crippen molar-refractivity contribution >= 4 is 5.69 Å². The Morgan fingerprint density at radius 1 is 1.50 bits per heavy atom. The number of nitrogens with zero attached hydrogens (tertiary/aromatic N) is 2. The van der Waals surface area contributed by atoms with Crippen molar-refractivity contribution in [1.82, 2.24) is 4.98 Å². The molecule has 0 aromatic carbocycles. The number of rotatable bonds is 3. The van der Waals surface area contributed by atoms with Crippen LogP contribution in [0.2, 0.25) is 0 Å². The SMILES string of the molecule is CC1CN(c2ccc(C(C)O)nc2)CC(CO)O1. The Bertz CT molecular complexity index is 380. The van der Waals surface area contributed by atoms with Gasteiger partial charge in [0, 0.05) is 13.1 Å². The normalized spacial score (nSPS) is 26.1. The third kappa shape index (κ3) is 2.98. The first-order chi connectivity index (χ1) is 8.60. The molecule has 2 rings (SSSR count). The number of aromatic nitrogens is 1. The third-order valence-electron chi connectivity index (χ3n) is 3.09. The largest absolute Gasteiger partial charge is 0.394 e. The molecule has 3 atom stereocenters. The first kappa shape index (κ1) is 13.3. The highest BCUT2D eigenvalue weighted by Gasteiger charge is 2.25. The van der Waals surface area contributed by atoms with Crippen molar-refractivity contribution in [3.05, 3.63) is 24.0 Å². The molecule has 1 fully saturated rings. The number of ether oxygens (including phenoxy) is 1. The van der Waals surface area contributed by atoms with Crippen molar-refractivity contribution in [2.45, 2.75) is 32.2 Å². The minimum atomic E-state index is -0.548. The van der Waals surface area contributed by atoms with E-state index in [0.717, 1.165) is 12.2 Å². The zero-order valence-corrected chi connectivity index (χ0v) is 10.8. The van der Waals surface area contributed by atoms with Crippen molar-refractivity contribution in [1.29, 1.82) is 0 Å². The van der Waals surface area contributed by atoms with Crippen molar-refractivity contribution in [3.63, 3.8) is 0 Å². The molecule has 1 aliphatic heterocycles. The van der Waals surface area contributed by atoms with Gasteiger partial charge in [0.1, 0.15) is 0 Å². The first-order valence-corrected chi connectivity index (χ1v) is 6.25. The lowest BCUT2D eigenvalue weighted by Crippen LogP contribution is -2.48. The van der Waals surface area contributed by atoms with E-state index in [1.165, 1.54) is 0 Å². The fraction of sp³-hybridized carbons (Fsp3) is 0.615. The maximum Gasteiger partial charge on any atom is 0.0984 e. The van der Waals surface area contributed by atoms with Crippen molar-refractivity contribution in [2.75, 3.05) is 24.6 Å². The van der Waals surface area contributed by atoms with Crippen LogP contribution in [0.3, 0.4) is 0 Å². The monoisotopic (exact) mass is 252 g/mol. The Labute approximate surface area is 107 Å². The summed E-state index contributed by atoms with van der Waals surface area (Å²) in [5, 5.41) is 18.6. The van der Waals surface area contributed by atoms with Gasteiger partial charge < -0.3 is 19.8 Å². The molecular formula is C13H20N2O3. The van der Waals surface area contributed by atoms with Crippen LogP contribution in [0.4, 0.5) is 5.69 Å². The molecule has 2 N–H and O–H groups in total. The summed E-state index contributed by atoms with van der Waals surface area (Å²) in [6, 6.07) is 3.77. The summed E-state index contributed by atoms with van der Waals surface area (Å²) in [4.78, 5) is 6.38. The average molecular weight is 252 g/mol. The average Bonchev–Trinajstić information content (AvgIpc) is 2.38. The van der Waals surface area contributed by atoms with Crippen LogP contribution in [0.15, 0.2) is 18.3 Å². The summed E-state index contributed by atoms with van der Waals surface area (Å²) >= 11 is 0. The second kappa shape index (κ2) is 5.65. The van der Waals surface area contributed by atoms with Gasteiger partial charge >= 0.3 is 0 Å². The molecule has 1 aliphatic rings. The molecule has 18 heavy (non-hydrogen) atoms. The standard InChI is InChI=1S/C13H20N2O3/c1-9-6-15(7-12(8-16)18-9)11-3-4-13(10(2)17)14-5-11/h3-5,9-10,12,16-17H,6-8H2,1-2H3. The van der Waals surface area contributed by atoms with E-state index in [2.05, 4.69) is 9.88 Å². The van der Waals surface area contributed by atoms with E-state index >= 15 is 0 Å². The number of hydrogen-bond acceptors (Lipinski definition) is 5. The molecule has 5 heteroatoms. The Balaban J connectivity index is 2.10. The van der Waals surface area contributed by atoms with Gasteiger partial charge in [0.2, 0.25) is 0 Å². The maximum absolute atomic E-state index is 9.42. The third-order valence-corrected chi connectivity index (χ3v) is 3.09. The van der Waals surface area contributed by atoms with Gasteiger partial charge in [-0.2, -0.15) is 0 Å². The van der Waals surface area contributed by atoms with E-state index in [9.17, 15) is 10.2 Å². The zero-order chi connectivity index (χ0) is 13.1. The maximum atomic E-state index is 9.42. The highest BCUT2D eigenvalue weighted by molar-refractivity contribution is 5.45. The smallest absolute Gasteiger partial charge is 0.0984 e. The lowest BCUT2D eigenvalue weighted by molar-refractivity contribution is -0.0421. The second-order valence-electron chi connectivity index (χ2n) is 4.77. The predicted octanol–water partition coefficient (Wildman–Crippen LogP) is 0.721. The highest BCUT2D eigenvalue weighted by Crippen LogP contribution is 2.21. The summed E-state index contributed by atoms with van der Waals surface area (Å²) < 4.78 is 5.60. The minimum absolute atomic E-state index is 0.0278. The van der Waals surface area contributed by atoms with Crippen molar-refractivity contribution in [3.8, 4) is 0 Å². The van der Waals surface area contributed by atoms with Gasteiger partial charge in [-0.1, -0.05) is 0 Å². The summed E-state index contributed by atoms with van der Waals surface area (Å²) in [6.07, 6.45) is 1.15. The lowest BCUT2D eigenvalue weighted by Gasteiger charge is -2.37. The van der Waals surface area contributed by atoms with Crippen molar-refractivity contribution < 1.29 is 14.9 Å². The Morgan fingerprint density at radius 3 is 2.83 bits per heavy atom. The van der Waals surface area contributed by atoms with E-state index in [-0.39, 0.29) is 18.8 Å². The number of hydrogen-bond donors (Lipinski definition) is 2. The zero-order valence-electron chi connectivity index (χ0n) is 10.8. The summed E-state index contributed by atoms with van der Waals surface area (Å²) in [7, 11) is 0. The first-order valence-electron chi connectivity index (χ1n) is 6.25. The molecule has 0 saturated carbocycles. The number of aliphatic hydroxyl groups excluding tert-OH is 2. The minimum Gasteiger partial charge on any atom is -0.394 e. The molecule has 1 aromatic rings. The van der Waals surface area contributed by atoms with Crippen LogP contribution in [0.25, 0.3) is 0 Å². The van der Waals surface area contributed by atoms with Crippen LogP contribution >= 0.6 is 0 Å². The lowest BCUT2D eigenvalue weighted by atomic mass is 10.2.